The van der Waals surface area contributed by atoms with Gasteiger partial charge in [0.1, 0.15) is 12.2 Å². The first-order valence-corrected chi connectivity index (χ1v) is 8.76. The fraction of sp³-hybridized carbons (Fsp3) is 0.200. The lowest BCUT2D eigenvalue weighted by Gasteiger charge is -2.08. The zero-order valence-electron chi connectivity index (χ0n) is 14.9. The molecule has 1 N–H and O–H groups in total. The van der Waals surface area contributed by atoms with Gasteiger partial charge in [0.05, 0.1) is 22.9 Å². The molecule has 0 fully saturated rings. The van der Waals surface area contributed by atoms with Crippen LogP contribution in [0, 0.1) is 6.92 Å². The van der Waals surface area contributed by atoms with Crippen molar-refractivity contribution in [2.24, 2.45) is 0 Å². The first kappa shape index (κ1) is 17.0. The summed E-state index contributed by atoms with van der Waals surface area (Å²) in [5.41, 5.74) is 3.18. The highest BCUT2D eigenvalue weighted by atomic mass is 16.2. The maximum atomic E-state index is 12.5. The fourth-order valence-electron chi connectivity index (χ4n) is 3.10. The molecule has 0 aliphatic carbocycles. The average Bonchev–Trinajstić information content (AvgIpc) is 3.07. The van der Waals surface area contributed by atoms with E-state index in [-0.39, 0.29) is 18.0 Å². The number of nitrogens with zero attached hydrogens (tertiary/aromatic N) is 4. The second kappa shape index (κ2) is 7.03. The zero-order chi connectivity index (χ0) is 18.8. The molecule has 1 amide bonds. The van der Waals surface area contributed by atoms with Crippen molar-refractivity contribution in [2.45, 2.75) is 19.9 Å². The molecule has 0 aliphatic rings. The van der Waals surface area contributed by atoms with E-state index in [0.717, 1.165) is 16.9 Å². The number of para-hydroxylation sites is 1. The van der Waals surface area contributed by atoms with Crippen LogP contribution in [0.2, 0.25) is 0 Å². The van der Waals surface area contributed by atoms with Gasteiger partial charge in [0.2, 0.25) is 5.91 Å². The number of hydrogen-bond acceptors (Lipinski definition) is 4. The quantitative estimate of drug-likeness (QED) is 0.587. The Kier molecular flexibility index (Phi) is 4.42. The Morgan fingerprint density at radius 3 is 2.93 bits per heavy atom. The number of nitrogens with one attached hydrogen (secondary N) is 1. The molecule has 0 saturated heterocycles. The number of aromatic nitrogens is 4. The second-order valence-corrected chi connectivity index (χ2v) is 6.45. The van der Waals surface area contributed by atoms with Crippen molar-refractivity contribution in [3.63, 3.8) is 0 Å². The van der Waals surface area contributed by atoms with E-state index in [0.29, 0.717) is 23.9 Å². The normalized spacial score (nSPS) is 11.1. The Morgan fingerprint density at radius 2 is 2.07 bits per heavy atom. The highest BCUT2D eigenvalue weighted by molar-refractivity contribution is 5.81. The fourth-order valence-corrected chi connectivity index (χ4v) is 3.10. The minimum Gasteiger partial charge on any atom is -0.354 e. The summed E-state index contributed by atoms with van der Waals surface area (Å²) >= 11 is 0. The SMILES string of the molecule is Cc1cccc2c(=O)n(CC(=O)NCCc3cn4ccccc4n3)cnc12. The van der Waals surface area contributed by atoms with Gasteiger partial charge in [-0.25, -0.2) is 9.97 Å². The molecule has 4 rings (SSSR count). The largest absolute Gasteiger partial charge is 0.354 e. The molecule has 4 aromatic rings. The van der Waals surface area contributed by atoms with Gasteiger partial charge in [-0.1, -0.05) is 18.2 Å². The van der Waals surface area contributed by atoms with Crippen molar-refractivity contribution < 1.29 is 4.79 Å². The molecule has 27 heavy (non-hydrogen) atoms. The predicted octanol–water partition coefficient (Wildman–Crippen LogP) is 1.71. The highest BCUT2D eigenvalue weighted by Crippen LogP contribution is 2.11. The number of pyridine rings is 1. The first-order valence-electron chi connectivity index (χ1n) is 8.76. The Hall–Kier alpha value is -3.48. The lowest BCUT2D eigenvalue weighted by atomic mass is 10.1. The minimum atomic E-state index is -0.227. The van der Waals surface area contributed by atoms with Crippen molar-refractivity contribution in [3.8, 4) is 0 Å². The standard InChI is InChI=1S/C20H19N5O2/c1-14-5-4-6-16-19(14)22-13-25(20(16)27)12-18(26)21-9-8-15-11-24-10-3-2-7-17(24)23-15/h2-7,10-11,13H,8-9,12H2,1H3,(H,21,26). The summed E-state index contributed by atoms with van der Waals surface area (Å²) in [4.78, 5) is 33.6. The van der Waals surface area contributed by atoms with Crippen LogP contribution >= 0.6 is 0 Å². The molecule has 0 saturated carbocycles. The molecular weight excluding hydrogens is 342 g/mol. The Labute approximate surface area is 155 Å². The van der Waals surface area contributed by atoms with Crippen molar-refractivity contribution in [1.82, 2.24) is 24.3 Å². The number of hydrogen-bond donors (Lipinski definition) is 1. The topological polar surface area (TPSA) is 81.3 Å². The van der Waals surface area contributed by atoms with E-state index in [1.807, 2.05) is 54.0 Å². The van der Waals surface area contributed by atoms with Crippen LogP contribution in [0.15, 0.2) is 59.9 Å². The molecule has 0 spiro atoms. The number of aryl methyl sites for hydroxylation is 1. The van der Waals surface area contributed by atoms with E-state index in [4.69, 9.17) is 0 Å². The number of carbonyl (C=O) groups excluding carboxylic acids is 1. The summed E-state index contributed by atoms with van der Waals surface area (Å²) in [6.45, 7) is 2.31. The third kappa shape index (κ3) is 3.44. The predicted molar refractivity (Wildman–Crippen MR) is 103 cm³/mol. The maximum absolute atomic E-state index is 12.5. The molecule has 7 nitrogen and oxygen atoms in total. The summed E-state index contributed by atoms with van der Waals surface area (Å²) in [6.07, 6.45) is 5.93. The van der Waals surface area contributed by atoms with E-state index in [2.05, 4.69) is 15.3 Å². The van der Waals surface area contributed by atoms with Gasteiger partial charge in [-0.3, -0.25) is 14.2 Å². The summed E-state index contributed by atoms with van der Waals surface area (Å²) in [7, 11) is 0. The van der Waals surface area contributed by atoms with Crippen LogP contribution in [0.25, 0.3) is 16.6 Å². The summed E-state index contributed by atoms with van der Waals surface area (Å²) < 4.78 is 3.28. The van der Waals surface area contributed by atoms with Crippen LogP contribution in [0.3, 0.4) is 0 Å². The van der Waals surface area contributed by atoms with E-state index in [9.17, 15) is 9.59 Å². The van der Waals surface area contributed by atoms with Crippen LogP contribution in [0.5, 0.6) is 0 Å². The van der Waals surface area contributed by atoms with Crippen molar-refractivity contribution in [3.05, 3.63) is 76.7 Å². The molecule has 0 atom stereocenters. The molecule has 1 aromatic carbocycles. The molecular formula is C20H19N5O2. The van der Waals surface area contributed by atoms with Crippen LogP contribution in [-0.2, 0) is 17.8 Å². The van der Waals surface area contributed by atoms with Crippen LogP contribution in [-0.4, -0.2) is 31.4 Å². The van der Waals surface area contributed by atoms with Crippen molar-refractivity contribution in [1.29, 1.82) is 0 Å². The van der Waals surface area contributed by atoms with Gasteiger partial charge in [-0.15, -0.1) is 0 Å². The van der Waals surface area contributed by atoms with Crippen molar-refractivity contribution in [2.75, 3.05) is 6.54 Å². The monoisotopic (exact) mass is 361 g/mol. The summed E-state index contributed by atoms with van der Waals surface area (Å²) in [5, 5.41) is 3.36. The molecule has 3 aromatic heterocycles. The molecule has 0 aliphatic heterocycles. The van der Waals surface area contributed by atoms with Gasteiger partial charge in [-0.05, 0) is 30.7 Å². The third-order valence-electron chi connectivity index (χ3n) is 4.49. The van der Waals surface area contributed by atoms with Crippen LogP contribution in [0.1, 0.15) is 11.3 Å². The number of carbonyl (C=O) groups is 1. The maximum Gasteiger partial charge on any atom is 0.261 e. The highest BCUT2D eigenvalue weighted by Gasteiger charge is 2.09. The van der Waals surface area contributed by atoms with Crippen LogP contribution in [0.4, 0.5) is 0 Å². The number of imidazole rings is 1. The van der Waals surface area contributed by atoms with Gasteiger partial charge in [0.25, 0.3) is 5.56 Å². The number of benzene rings is 1. The Balaban J connectivity index is 1.40. The smallest absolute Gasteiger partial charge is 0.261 e. The lowest BCUT2D eigenvalue weighted by Crippen LogP contribution is -2.33. The van der Waals surface area contributed by atoms with Gasteiger partial charge in [0.15, 0.2) is 0 Å². The number of rotatable bonds is 5. The average molecular weight is 361 g/mol. The Bertz CT molecular complexity index is 1160. The minimum absolute atomic E-state index is 0.0547. The van der Waals surface area contributed by atoms with Gasteiger partial charge >= 0.3 is 0 Å². The van der Waals surface area contributed by atoms with Gasteiger partial charge < -0.3 is 9.72 Å². The second-order valence-electron chi connectivity index (χ2n) is 6.45. The van der Waals surface area contributed by atoms with Crippen LogP contribution < -0.4 is 10.9 Å². The molecule has 0 bridgehead atoms. The lowest BCUT2D eigenvalue weighted by molar-refractivity contribution is -0.121. The van der Waals surface area contributed by atoms with E-state index < -0.39 is 0 Å². The third-order valence-corrected chi connectivity index (χ3v) is 4.49. The summed E-state index contributed by atoms with van der Waals surface area (Å²) in [5.74, 6) is -0.227. The molecule has 7 heteroatoms. The Morgan fingerprint density at radius 1 is 1.19 bits per heavy atom. The van der Waals surface area contributed by atoms with E-state index >= 15 is 0 Å². The molecule has 0 radical (unpaired) electrons. The molecule has 0 unspecified atom stereocenters. The molecule has 136 valence electrons. The van der Waals surface area contributed by atoms with Crippen molar-refractivity contribution >= 4 is 22.5 Å². The zero-order valence-corrected chi connectivity index (χ0v) is 14.9. The first-order chi connectivity index (χ1) is 13.1. The molecule has 3 heterocycles. The van der Waals surface area contributed by atoms with Gasteiger partial charge in [-0.2, -0.15) is 0 Å². The summed E-state index contributed by atoms with van der Waals surface area (Å²) in [6, 6.07) is 11.3. The van der Waals surface area contributed by atoms with Gasteiger partial charge in [0, 0.05) is 25.4 Å². The number of amides is 1. The number of fused-ring (bicyclic) bond motifs is 2. The van der Waals surface area contributed by atoms with E-state index in [1.165, 1.54) is 10.9 Å². The van der Waals surface area contributed by atoms with E-state index in [1.54, 1.807) is 6.07 Å².